The lowest BCUT2D eigenvalue weighted by Gasteiger charge is -2.12. The van der Waals surface area contributed by atoms with Crippen molar-refractivity contribution in [1.29, 1.82) is 0 Å². The molecular formula is C22H19Cl2NOS. The first-order valence-electron chi connectivity index (χ1n) is 8.53. The summed E-state index contributed by atoms with van der Waals surface area (Å²) < 4.78 is 5.80. The molecule has 2 nitrogen and oxygen atoms in total. The maximum atomic E-state index is 6.17. The first kappa shape index (κ1) is 19.7. The molecule has 0 bridgehead atoms. The maximum absolute atomic E-state index is 6.17. The van der Waals surface area contributed by atoms with Gasteiger partial charge in [-0.1, -0.05) is 65.8 Å². The Balaban J connectivity index is 1.58. The van der Waals surface area contributed by atoms with Crippen LogP contribution in [-0.4, -0.2) is 4.99 Å². The topological polar surface area (TPSA) is 21.3 Å². The molecule has 0 heterocycles. The zero-order valence-electron chi connectivity index (χ0n) is 14.8. The highest BCUT2D eigenvalue weighted by molar-refractivity contribution is 7.80. The van der Waals surface area contributed by atoms with E-state index >= 15 is 0 Å². The van der Waals surface area contributed by atoms with Crippen molar-refractivity contribution in [2.45, 2.75) is 20.1 Å². The maximum Gasteiger partial charge on any atom is 0.119 e. The predicted octanol–water partition coefficient (Wildman–Crippen LogP) is 6.35. The van der Waals surface area contributed by atoms with Crippen molar-refractivity contribution in [3.05, 3.63) is 99.0 Å². The standard InChI is InChI=1S/C22H19Cl2NOS/c1-15-5-2-3-6-17(15)13-25-22(27)16-9-11-18(12-10-16)26-14-19-20(23)7-4-8-21(19)24/h2-12H,13-14H2,1H3,(H,25,27). The van der Waals surface area contributed by atoms with Crippen LogP contribution in [0.5, 0.6) is 5.75 Å². The Labute approximate surface area is 175 Å². The van der Waals surface area contributed by atoms with Crippen molar-refractivity contribution in [3.63, 3.8) is 0 Å². The van der Waals surface area contributed by atoms with E-state index in [2.05, 4.69) is 24.4 Å². The number of thiocarbonyl (C=S) groups is 1. The van der Waals surface area contributed by atoms with Gasteiger partial charge < -0.3 is 10.1 Å². The van der Waals surface area contributed by atoms with Crippen molar-refractivity contribution in [3.8, 4) is 5.75 Å². The lowest BCUT2D eigenvalue weighted by Crippen LogP contribution is -2.22. The monoisotopic (exact) mass is 415 g/mol. The summed E-state index contributed by atoms with van der Waals surface area (Å²) in [6, 6.07) is 21.3. The van der Waals surface area contributed by atoms with E-state index in [0.29, 0.717) is 28.2 Å². The Bertz CT molecular complexity index is 921. The zero-order valence-corrected chi connectivity index (χ0v) is 17.2. The molecule has 27 heavy (non-hydrogen) atoms. The lowest BCUT2D eigenvalue weighted by molar-refractivity contribution is 0.306. The van der Waals surface area contributed by atoms with Crippen LogP contribution in [-0.2, 0) is 13.2 Å². The van der Waals surface area contributed by atoms with Crippen LogP contribution in [0.2, 0.25) is 10.0 Å². The van der Waals surface area contributed by atoms with E-state index in [-0.39, 0.29) is 0 Å². The van der Waals surface area contributed by atoms with Gasteiger partial charge >= 0.3 is 0 Å². The Morgan fingerprint density at radius 2 is 1.59 bits per heavy atom. The molecule has 3 rings (SSSR count). The largest absolute Gasteiger partial charge is 0.489 e. The molecule has 3 aromatic carbocycles. The number of hydrogen-bond donors (Lipinski definition) is 1. The number of halogens is 2. The van der Waals surface area contributed by atoms with Gasteiger partial charge in [0, 0.05) is 27.7 Å². The van der Waals surface area contributed by atoms with E-state index in [1.165, 1.54) is 11.1 Å². The second-order valence-corrected chi connectivity index (χ2v) is 7.35. The molecule has 0 aromatic heterocycles. The molecule has 3 aromatic rings. The summed E-state index contributed by atoms with van der Waals surface area (Å²) in [4.78, 5) is 0.707. The van der Waals surface area contributed by atoms with Crippen molar-refractivity contribution in [2.75, 3.05) is 0 Å². The smallest absolute Gasteiger partial charge is 0.119 e. The average Bonchev–Trinajstić information content (AvgIpc) is 2.67. The summed E-state index contributed by atoms with van der Waals surface area (Å²) in [5.74, 6) is 0.733. The SMILES string of the molecule is Cc1ccccc1CNC(=S)c1ccc(OCc2c(Cl)cccc2Cl)cc1. The summed E-state index contributed by atoms with van der Waals surface area (Å²) >= 11 is 17.8. The molecule has 0 fully saturated rings. The first-order valence-corrected chi connectivity index (χ1v) is 9.69. The first-order chi connectivity index (χ1) is 13.0. The molecule has 0 saturated heterocycles. The van der Waals surface area contributed by atoms with Crippen LogP contribution in [0.3, 0.4) is 0 Å². The summed E-state index contributed by atoms with van der Waals surface area (Å²) in [7, 11) is 0. The van der Waals surface area contributed by atoms with E-state index in [0.717, 1.165) is 16.9 Å². The third kappa shape index (κ3) is 5.23. The number of hydrogen-bond acceptors (Lipinski definition) is 2. The molecule has 0 unspecified atom stereocenters. The predicted molar refractivity (Wildman–Crippen MR) is 117 cm³/mol. The van der Waals surface area contributed by atoms with Gasteiger partial charge in [0.2, 0.25) is 0 Å². The molecule has 1 N–H and O–H groups in total. The summed E-state index contributed by atoms with van der Waals surface area (Å²) in [5.41, 5.74) is 4.20. The Kier molecular flexibility index (Phi) is 6.73. The summed E-state index contributed by atoms with van der Waals surface area (Å²) in [5, 5.41) is 4.50. The summed E-state index contributed by atoms with van der Waals surface area (Å²) in [6.07, 6.45) is 0. The minimum Gasteiger partial charge on any atom is -0.489 e. The normalized spacial score (nSPS) is 10.5. The fourth-order valence-electron chi connectivity index (χ4n) is 2.61. The van der Waals surface area contributed by atoms with Crippen molar-refractivity contribution in [1.82, 2.24) is 5.32 Å². The van der Waals surface area contributed by atoms with Gasteiger partial charge in [0.15, 0.2) is 0 Å². The van der Waals surface area contributed by atoms with E-state index in [1.807, 2.05) is 42.5 Å². The van der Waals surface area contributed by atoms with Gasteiger partial charge in [-0.15, -0.1) is 0 Å². The van der Waals surface area contributed by atoms with Crippen molar-refractivity contribution in [2.24, 2.45) is 0 Å². The second-order valence-electron chi connectivity index (χ2n) is 6.12. The van der Waals surface area contributed by atoms with Gasteiger partial charge in [-0.2, -0.15) is 0 Å². The lowest BCUT2D eigenvalue weighted by atomic mass is 10.1. The van der Waals surface area contributed by atoms with Crippen LogP contribution >= 0.6 is 35.4 Å². The van der Waals surface area contributed by atoms with E-state index in [1.54, 1.807) is 12.1 Å². The van der Waals surface area contributed by atoms with Crippen LogP contribution in [0, 0.1) is 6.92 Å². The zero-order chi connectivity index (χ0) is 19.2. The molecule has 0 atom stereocenters. The fraction of sp³-hybridized carbons (Fsp3) is 0.136. The molecule has 0 aliphatic carbocycles. The Hall–Kier alpha value is -2.07. The van der Waals surface area contributed by atoms with Gasteiger partial charge in [0.05, 0.1) is 0 Å². The van der Waals surface area contributed by atoms with Crippen LogP contribution in [0.25, 0.3) is 0 Å². The molecule has 0 spiro atoms. The minimum absolute atomic E-state index is 0.313. The fourth-order valence-corrected chi connectivity index (χ4v) is 3.33. The van der Waals surface area contributed by atoms with E-state index < -0.39 is 0 Å². The highest BCUT2D eigenvalue weighted by Gasteiger charge is 2.07. The van der Waals surface area contributed by atoms with Crippen LogP contribution in [0.4, 0.5) is 0 Å². The van der Waals surface area contributed by atoms with Crippen molar-refractivity contribution >= 4 is 40.4 Å². The van der Waals surface area contributed by atoms with Gasteiger partial charge in [-0.25, -0.2) is 0 Å². The van der Waals surface area contributed by atoms with E-state index in [4.69, 9.17) is 40.2 Å². The number of aryl methyl sites for hydroxylation is 1. The molecule has 5 heteroatoms. The molecule has 0 saturated carbocycles. The number of benzene rings is 3. The number of ether oxygens (including phenoxy) is 1. The van der Waals surface area contributed by atoms with Crippen LogP contribution < -0.4 is 10.1 Å². The molecule has 138 valence electrons. The van der Waals surface area contributed by atoms with Gasteiger partial charge in [0.25, 0.3) is 0 Å². The van der Waals surface area contributed by atoms with Crippen LogP contribution in [0.1, 0.15) is 22.3 Å². The number of rotatable bonds is 6. The summed E-state index contributed by atoms with van der Waals surface area (Å²) in [6.45, 7) is 3.11. The van der Waals surface area contributed by atoms with Gasteiger partial charge in [-0.3, -0.25) is 0 Å². The highest BCUT2D eigenvalue weighted by Crippen LogP contribution is 2.26. The Morgan fingerprint density at radius 1 is 0.926 bits per heavy atom. The molecular weight excluding hydrogens is 397 g/mol. The van der Waals surface area contributed by atoms with Crippen LogP contribution in [0.15, 0.2) is 66.7 Å². The second kappa shape index (κ2) is 9.23. The van der Waals surface area contributed by atoms with Crippen molar-refractivity contribution < 1.29 is 4.74 Å². The van der Waals surface area contributed by atoms with Gasteiger partial charge in [-0.05, 0) is 54.4 Å². The molecule has 0 amide bonds. The van der Waals surface area contributed by atoms with E-state index in [9.17, 15) is 0 Å². The minimum atomic E-state index is 0.313. The number of nitrogens with one attached hydrogen (secondary N) is 1. The Morgan fingerprint density at radius 3 is 2.26 bits per heavy atom. The molecule has 0 aliphatic heterocycles. The molecule has 0 aliphatic rings. The van der Waals surface area contributed by atoms with Gasteiger partial charge in [0.1, 0.15) is 17.3 Å². The third-order valence-corrected chi connectivity index (χ3v) is 5.35. The third-order valence-electron chi connectivity index (χ3n) is 4.26. The average molecular weight is 416 g/mol. The molecule has 0 radical (unpaired) electrons. The quantitative estimate of drug-likeness (QED) is 0.474. The highest BCUT2D eigenvalue weighted by atomic mass is 35.5.